The Balaban J connectivity index is 1.15. The van der Waals surface area contributed by atoms with E-state index >= 15 is 0 Å². The van der Waals surface area contributed by atoms with Gasteiger partial charge in [-0.25, -0.2) is 9.42 Å². The molecular formula is C49H65N13O13. The van der Waals surface area contributed by atoms with Crippen molar-refractivity contribution in [2.45, 2.75) is 90.0 Å². The molecule has 1 fully saturated rings. The second kappa shape index (κ2) is 28.4. The number of benzene rings is 3. The number of fused-ring (bicyclic) bond motifs is 1. The highest BCUT2D eigenvalue weighted by Crippen LogP contribution is 2.29. The number of nitrogens with zero attached hydrogens (tertiary/aromatic N) is 7. The summed E-state index contributed by atoms with van der Waals surface area (Å²) < 4.78 is 15.1. The summed E-state index contributed by atoms with van der Waals surface area (Å²) in [5, 5.41) is 52.8. The molecule has 404 valence electrons. The second-order valence-corrected chi connectivity index (χ2v) is 18.2. The summed E-state index contributed by atoms with van der Waals surface area (Å²) >= 11 is 0. The summed E-state index contributed by atoms with van der Waals surface area (Å²) in [5.74, 6) is -5.17. The van der Waals surface area contributed by atoms with Crippen molar-refractivity contribution >= 4 is 80.9 Å². The minimum atomic E-state index is -1.13. The zero-order chi connectivity index (χ0) is 54.6. The Morgan fingerprint density at radius 1 is 0.827 bits per heavy atom. The van der Waals surface area contributed by atoms with Crippen LogP contribution in [0.25, 0.3) is 11.0 Å². The molecule has 75 heavy (non-hydrogen) atoms. The lowest BCUT2D eigenvalue weighted by Gasteiger charge is -2.30. The number of nitro groups is 1. The zero-order valence-corrected chi connectivity index (χ0v) is 42.7. The summed E-state index contributed by atoms with van der Waals surface area (Å²) in [6.07, 6.45) is 1.78. The van der Waals surface area contributed by atoms with Crippen LogP contribution < -0.4 is 36.8 Å². The van der Waals surface area contributed by atoms with Crippen LogP contribution >= 0.6 is 0 Å². The number of unbranched alkanes of at least 4 members (excludes halogenated alkanes) is 1. The first kappa shape index (κ1) is 57.8. The zero-order valence-electron chi connectivity index (χ0n) is 42.7. The number of nitro benzene ring substituents is 1. The standard InChI is InChI=1S/C49H65N13O13/c1-29(2)41(48(69)54-37(46(67)51-23-25-73-26-27-74-28-40(63)64)14-9-10-22-50-36-20-21-38(62(71)72)43-42(36)58-75-59-43)55-47(68)39-15-11-24-61(39)49(70)31(4)53-44(65)30(3)52-45(66)34-12-7-8-13-35(34)57-56-32-16-18-33(19-17-32)60(5)6/h7-8,12-13,16-21,29-31,37,39,41,50H,9-11,14-15,22-28H2,1-6H3,(H,51,67)(H,52,66)(H,53,65)(H,54,69)(H,55,68)(H,63,64). The molecule has 2 heterocycles. The van der Waals surface area contributed by atoms with Crippen LogP contribution in [0.4, 0.5) is 28.4 Å². The molecule has 5 rings (SSSR count). The Labute approximate surface area is 432 Å². The van der Waals surface area contributed by atoms with E-state index in [2.05, 4.69) is 52.4 Å². The average Bonchev–Trinajstić information content (AvgIpc) is 4.09. The van der Waals surface area contributed by atoms with Crippen LogP contribution in [0.2, 0.25) is 0 Å². The minimum absolute atomic E-state index is 0.0186. The normalized spacial score (nSPS) is 14.9. The first-order valence-electron chi connectivity index (χ1n) is 24.4. The highest BCUT2D eigenvalue weighted by atomic mass is 16.6. The molecule has 0 spiro atoms. The summed E-state index contributed by atoms with van der Waals surface area (Å²) in [6, 6.07) is 11.3. The molecule has 5 atom stereocenters. The van der Waals surface area contributed by atoms with Crippen LogP contribution in [0, 0.1) is 16.0 Å². The fourth-order valence-electron chi connectivity index (χ4n) is 7.88. The van der Waals surface area contributed by atoms with E-state index in [0.29, 0.717) is 37.2 Å². The average molecular weight is 1040 g/mol. The van der Waals surface area contributed by atoms with Gasteiger partial charge in [0.15, 0.2) is 5.52 Å². The molecular weight excluding hydrogens is 979 g/mol. The third kappa shape index (κ3) is 17.0. The number of azo groups is 1. The van der Waals surface area contributed by atoms with Crippen LogP contribution in [0.3, 0.4) is 0 Å². The molecule has 1 saturated heterocycles. The Hall–Kier alpha value is -8.13. The van der Waals surface area contributed by atoms with E-state index in [1.54, 1.807) is 50.2 Å². The monoisotopic (exact) mass is 1040 g/mol. The van der Waals surface area contributed by atoms with E-state index in [1.165, 1.54) is 30.9 Å². The van der Waals surface area contributed by atoms with Gasteiger partial charge in [-0.05, 0) is 105 Å². The first-order valence-corrected chi connectivity index (χ1v) is 24.4. The topological polar surface area (TPSA) is 344 Å². The second-order valence-electron chi connectivity index (χ2n) is 18.2. The smallest absolute Gasteiger partial charge is 0.329 e. The number of aliphatic carboxylic acids is 1. The van der Waals surface area contributed by atoms with E-state index in [1.807, 2.05) is 31.1 Å². The molecule has 0 radical (unpaired) electrons. The molecule has 0 saturated carbocycles. The molecule has 7 N–H and O–H groups in total. The molecule has 3 aromatic carbocycles. The number of aromatic nitrogens is 2. The molecule has 6 amide bonds. The Morgan fingerprint density at radius 3 is 2.25 bits per heavy atom. The molecule has 0 bridgehead atoms. The van der Waals surface area contributed by atoms with Gasteiger partial charge in [-0.1, -0.05) is 26.0 Å². The van der Waals surface area contributed by atoms with Gasteiger partial charge in [0.05, 0.1) is 47.4 Å². The fourth-order valence-corrected chi connectivity index (χ4v) is 7.88. The Morgan fingerprint density at radius 2 is 1.55 bits per heavy atom. The maximum absolute atomic E-state index is 14.0. The van der Waals surface area contributed by atoms with E-state index in [-0.39, 0.29) is 73.7 Å². The highest BCUT2D eigenvalue weighted by molar-refractivity contribution is 6.02. The molecule has 5 unspecified atom stereocenters. The largest absolute Gasteiger partial charge is 0.480 e. The van der Waals surface area contributed by atoms with Crippen molar-refractivity contribution in [3.63, 3.8) is 0 Å². The Bertz CT molecular complexity index is 2660. The lowest BCUT2D eigenvalue weighted by molar-refractivity contribution is -0.383. The van der Waals surface area contributed by atoms with Gasteiger partial charge in [0.25, 0.3) is 5.91 Å². The van der Waals surface area contributed by atoms with Crippen molar-refractivity contribution in [1.82, 2.24) is 41.8 Å². The van der Waals surface area contributed by atoms with E-state index < -0.39 is 89.1 Å². The van der Waals surface area contributed by atoms with Gasteiger partial charge in [0.2, 0.25) is 35.1 Å². The van der Waals surface area contributed by atoms with Gasteiger partial charge in [0, 0.05) is 45.5 Å². The van der Waals surface area contributed by atoms with Gasteiger partial charge in [-0.3, -0.25) is 38.9 Å². The molecule has 26 nitrogen and oxygen atoms in total. The maximum atomic E-state index is 14.0. The van der Waals surface area contributed by atoms with Crippen LogP contribution in [-0.4, -0.2) is 157 Å². The SMILES string of the molecule is CC(NC(=O)c1ccccc1N=Nc1ccc(N(C)C)cc1)C(=O)NC(C)C(=O)N1CCCC1C(=O)NC(C(=O)NC(CCCCNc1ccc([N+](=O)[O-])c2nonc12)C(=O)NCCOCCOCC(=O)O)C(C)C. The summed E-state index contributed by atoms with van der Waals surface area (Å²) in [4.78, 5) is 107. The number of carboxylic acid groups (broad SMARTS) is 1. The predicted molar refractivity (Wildman–Crippen MR) is 272 cm³/mol. The highest BCUT2D eigenvalue weighted by Gasteiger charge is 2.39. The quantitative estimate of drug-likeness (QED) is 0.0177. The Kier molecular flexibility index (Phi) is 21.8. The number of likely N-dealkylation sites (tertiary alicyclic amines) is 1. The molecule has 0 aliphatic carbocycles. The number of amides is 6. The van der Waals surface area contributed by atoms with Gasteiger partial charge in [-0.2, -0.15) is 5.11 Å². The minimum Gasteiger partial charge on any atom is -0.480 e. The number of hydrogen-bond acceptors (Lipinski definition) is 18. The summed E-state index contributed by atoms with van der Waals surface area (Å²) in [5.41, 5.74) is 2.34. The van der Waals surface area contributed by atoms with Crippen LogP contribution in [0.5, 0.6) is 0 Å². The van der Waals surface area contributed by atoms with E-state index in [4.69, 9.17) is 19.2 Å². The number of non-ortho nitro benzene ring substituents is 1. The third-order valence-corrected chi connectivity index (χ3v) is 11.9. The van der Waals surface area contributed by atoms with Crippen LogP contribution in [-0.2, 0) is 38.2 Å². The van der Waals surface area contributed by atoms with Crippen LogP contribution in [0.1, 0.15) is 70.2 Å². The summed E-state index contributed by atoms with van der Waals surface area (Å²) in [6.45, 7) is 6.64. The van der Waals surface area contributed by atoms with Crippen molar-refractivity contribution < 1.29 is 57.7 Å². The lowest BCUT2D eigenvalue weighted by atomic mass is 10.0. The molecule has 1 aromatic heterocycles. The van der Waals surface area contributed by atoms with Gasteiger partial charge >= 0.3 is 11.7 Å². The molecule has 1 aliphatic heterocycles. The molecule has 1 aliphatic rings. The van der Waals surface area contributed by atoms with Crippen molar-refractivity contribution in [3.05, 3.63) is 76.3 Å². The summed E-state index contributed by atoms with van der Waals surface area (Å²) in [7, 11) is 3.84. The molecule has 4 aromatic rings. The third-order valence-electron chi connectivity index (χ3n) is 11.9. The van der Waals surface area contributed by atoms with Crippen molar-refractivity contribution in [1.29, 1.82) is 0 Å². The van der Waals surface area contributed by atoms with Crippen molar-refractivity contribution in [3.8, 4) is 0 Å². The van der Waals surface area contributed by atoms with Crippen LogP contribution in [0.15, 0.2) is 75.5 Å². The van der Waals surface area contributed by atoms with Gasteiger partial charge < -0.3 is 56.3 Å². The maximum Gasteiger partial charge on any atom is 0.329 e. The van der Waals surface area contributed by atoms with E-state index in [9.17, 15) is 43.7 Å². The van der Waals surface area contributed by atoms with Gasteiger partial charge in [0.1, 0.15) is 36.8 Å². The number of hydrogen-bond donors (Lipinski definition) is 7. The number of carboxylic acids is 1. The number of rotatable bonds is 29. The van der Waals surface area contributed by atoms with Crippen molar-refractivity contribution in [2.24, 2.45) is 16.1 Å². The number of carbonyl (C=O) groups excluding carboxylic acids is 6. The lowest BCUT2D eigenvalue weighted by Crippen LogP contribution is -2.59. The fraction of sp³-hybridized carbons (Fsp3) is 0.490. The van der Waals surface area contributed by atoms with E-state index in [0.717, 1.165) is 5.69 Å². The predicted octanol–water partition coefficient (Wildman–Crippen LogP) is 3.37. The molecule has 26 heteroatoms. The number of carbonyl (C=O) groups is 7. The van der Waals surface area contributed by atoms with Crippen molar-refractivity contribution in [2.75, 3.05) is 70.4 Å². The number of anilines is 2. The number of nitrogens with one attached hydrogen (secondary N) is 6. The first-order chi connectivity index (χ1) is 35.9. The number of ether oxygens (including phenoxy) is 2. The van der Waals surface area contributed by atoms with Gasteiger partial charge in [-0.15, -0.1) is 5.11 Å².